The Labute approximate surface area is 176 Å². The number of anilines is 2. The molecule has 0 aliphatic heterocycles. The van der Waals surface area contributed by atoms with Gasteiger partial charge in [0.15, 0.2) is 5.57 Å². The van der Waals surface area contributed by atoms with Crippen LogP contribution in [0.5, 0.6) is 0 Å². The number of methoxy groups -OCH3 is 1. The van der Waals surface area contributed by atoms with Crippen molar-refractivity contribution in [2.24, 2.45) is 0 Å². The molecule has 9 nitrogen and oxygen atoms in total. The molecule has 0 bridgehead atoms. The maximum Gasteiger partial charge on any atom is 0.351 e. The maximum atomic E-state index is 12.7. The molecule has 158 valence electrons. The van der Waals surface area contributed by atoms with Gasteiger partial charge in [-0.3, -0.25) is 14.2 Å². The minimum Gasteiger partial charge on any atom is -0.462 e. The molecule has 0 radical (unpaired) electrons. The summed E-state index contributed by atoms with van der Waals surface area (Å²) in [5.41, 5.74) is 0.670. The summed E-state index contributed by atoms with van der Waals surface area (Å²) in [4.78, 5) is 36.4. The molecule has 0 aliphatic carbocycles. The zero-order chi connectivity index (χ0) is 22.1. The van der Waals surface area contributed by atoms with Crippen molar-refractivity contribution < 1.29 is 19.1 Å². The minimum absolute atomic E-state index is 0.0590. The van der Waals surface area contributed by atoms with Crippen molar-refractivity contribution in [3.63, 3.8) is 0 Å². The number of rotatable bonds is 8. The highest BCUT2D eigenvalue weighted by molar-refractivity contribution is 7.07. The summed E-state index contributed by atoms with van der Waals surface area (Å²) in [6.07, 6.45) is 1.50. The van der Waals surface area contributed by atoms with Gasteiger partial charge in [-0.25, -0.2) is 4.79 Å². The van der Waals surface area contributed by atoms with Crippen LogP contribution in [0.1, 0.15) is 13.8 Å². The first-order chi connectivity index (χ1) is 14.4. The van der Waals surface area contributed by atoms with Crippen LogP contribution in [-0.4, -0.2) is 36.8 Å². The van der Waals surface area contributed by atoms with Gasteiger partial charge in [0.2, 0.25) is 5.91 Å². The fraction of sp³-hybridized carbons (Fsp3) is 0.300. The Kier molecular flexibility index (Phi) is 8.34. The third-order valence-electron chi connectivity index (χ3n) is 3.82. The van der Waals surface area contributed by atoms with Gasteiger partial charge in [-0.15, -0.1) is 11.3 Å². The molecule has 30 heavy (non-hydrogen) atoms. The lowest BCUT2D eigenvalue weighted by atomic mass is 10.2. The molecular formula is C20H22N4O5S. The van der Waals surface area contributed by atoms with Crippen molar-refractivity contribution in [3.05, 3.63) is 43.8 Å². The zero-order valence-electron chi connectivity index (χ0n) is 16.9. The van der Waals surface area contributed by atoms with Crippen LogP contribution in [0.2, 0.25) is 0 Å². The first-order valence-corrected chi connectivity index (χ1v) is 9.93. The molecule has 1 heterocycles. The molecule has 0 unspecified atom stereocenters. The highest BCUT2D eigenvalue weighted by atomic mass is 32.1. The van der Waals surface area contributed by atoms with Gasteiger partial charge in [0.25, 0.3) is 5.56 Å². The molecule has 0 spiro atoms. The molecule has 0 fully saturated rings. The first kappa shape index (κ1) is 22.9. The average Bonchev–Trinajstić information content (AvgIpc) is 3.03. The number of ether oxygens (including phenoxy) is 2. The lowest BCUT2D eigenvalue weighted by Crippen LogP contribution is -2.32. The number of hydrogen-bond donors (Lipinski definition) is 2. The summed E-state index contributed by atoms with van der Waals surface area (Å²) in [5.74, 6) is -1.05. The standard InChI is InChI=1S/C20H22N4O5S/c1-4-24-18(26)16(30-19(24)15(10-21)20(27)29-5-2)11-22-13-7-6-8-14(9-13)23-17(25)12-28-3/h6-9,11,22H,4-5,12H2,1-3H3,(H,23,25)/b16-11+,19-15-. The van der Waals surface area contributed by atoms with E-state index in [1.54, 1.807) is 38.1 Å². The first-order valence-electron chi connectivity index (χ1n) is 9.11. The summed E-state index contributed by atoms with van der Waals surface area (Å²) in [6, 6.07) is 8.76. The van der Waals surface area contributed by atoms with Crippen molar-refractivity contribution in [2.45, 2.75) is 20.4 Å². The molecule has 2 aromatic rings. The van der Waals surface area contributed by atoms with E-state index >= 15 is 0 Å². The Morgan fingerprint density at radius 1 is 1.30 bits per heavy atom. The van der Waals surface area contributed by atoms with E-state index in [9.17, 15) is 19.6 Å². The van der Waals surface area contributed by atoms with Gasteiger partial charge in [0, 0.05) is 31.2 Å². The van der Waals surface area contributed by atoms with Crippen LogP contribution in [0.25, 0.3) is 11.8 Å². The van der Waals surface area contributed by atoms with Crippen molar-refractivity contribution in [1.82, 2.24) is 4.57 Å². The molecule has 0 aliphatic rings. The molecule has 1 amide bonds. The fourth-order valence-corrected chi connectivity index (χ4v) is 3.62. The maximum absolute atomic E-state index is 12.7. The monoisotopic (exact) mass is 430 g/mol. The highest BCUT2D eigenvalue weighted by Gasteiger charge is 2.16. The molecule has 1 aromatic carbocycles. The van der Waals surface area contributed by atoms with Gasteiger partial charge in [-0.2, -0.15) is 5.26 Å². The van der Waals surface area contributed by atoms with Gasteiger partial charge in [-0.1, -0.05) is 6.07 Å². The highest BCUT2D eigenvalue weighted by Crippen LogP contribution is 2.15. The summed E-state index contributed by atoms with van der Waals surface area (Å²) in [7, 11) is 1.43. The van der Waals surface area contributed by atoms with Crippen LogP contribution in [0.3, 0.4) is 0 Å². The van der Waals surface area contributed by atoms with Crippen LogP contribution in [0.15, 0.2) is 29.1 Å². The number of aromatic nitrogens is 1. The van der Waals surface area contributed by atoms with Crippen molar-refractivity contribution in [1.29, 1.82) is 5.26 Å². The van der Waals surface area contributed by atoms with Crippen LogP contribution in [0, 0.1) is 11.3 Å². The normalized spacial score (nSPS) is 12.1. The minimum atomic E-state index is -0.762. The van der Waals surface area contributed by atoms with Gasteiger partial charge in [-0.05, 0) is 32.0 Å². The molecule has 0 atom stereocenters. The van der Waals surface area contributed by atoms with E-state index in [2.05, 4.69) is 10.6 Å². The van der Waals surface area contributed by atoms with Gasteiger partial charge in [0.05, 0.1) is 6.61 Å². The second-order valence-electron chi connectivity index (χ2n) is 5.88. The van der Waals surface area contributed by atoms with Crippen LogP contribution in [-0.2, 0) is 25.6 Å². The molecule has 1 aromatic heterocycles. The van der Waals surface area contributed by atoms with E-state index in [0.717, 1.165) is 11.3 Å². The SMILES string of the molecule is CCOC(=O)/C(C#N)=c1\s/c(=C/Nc2cccc(NC(=O)COC)c2)c(=O)n1CC. The smallest absolute Gasteiger partial charge is 0.351 e. The zero-order valence-corrected chi connectivity index (χ0v) is 17.7. The summed E-state index contributed by atoms with van der Waals surface area (Å²) in [6.45, 7) is 3.76. The summed E-state index contributed by atoms with van der Waals surface area (Å²) < 4.78 is 11.6. The molecule has 2 N–H and O–H groups in total. The largest absolute Gasteiger partial charge is 0.462 e. The number of nitrogens with zero attached hydrogens (tertiary/aromatic N) is 2. The summed E-state index contributed by atoms with van der Waals surface area (Å²) in [5, 5.41) is 15.1. The molecular weight excluding hydrogens is 408 g/mol. The van der Waals surface area contributed by atoms with Crippen LogP contribution in [0.4, 0.5) is 11.4 Å². The third kappa shape index (κ3) is 5.56. The Balaban J connectivity index is 2.41. The second-order valence-corrected chi connectivity index (χ2v) is 6.91. The van der Waals surface area contributed by atoms with Crippen LogP contribution >= 0.6 is 11.3 Å². The predicted octanol–water partition coefficient (Wildman–Crippen LogP) is 0.602. The lowest BCUT2D eigenvalue weighted by Gasteiger charge is -2.06. The molecule has 0 saturated heterocycles. The topological polar surface area (TPSA) is 122 Å². The number of esters is 1. The second kappa shape index (κ2) is 10.9. The lowest BCUT2D eigenvalue weighted by molar-refractivity contribution is -0.136. The molecule has 0 saturated carbocycles. The number of nitriles is 1. The van der Waals surface area contributed by atoms with Crippen molar-refractivity contribution >= 4 is 46.4 Å². The number of carbonyl (C=O) groups is 2. The third-order valence-corrected chi connectivity index (χ3v) is 4.95. The van der Waals surface area contributed by atoms with Gasteiger partial charge < -0.3 is 20.1 Å². The van der Waals surface area contributed by atoms with E-state index < -0.39 is 5.97 Å². The van der Waals surface area contributed by atoms with E-state index in [1.807, 2.05) is 6.07 Å². The number of carbonyl (C=O) groups excluding carboxylic acids is 2. The Morgan fingerprint density at radius 2 is 2.03 bits per heavy atom. The van der Waals surface area contributed by atoms with E-state index in [4.69, 9.17) is 9.47 Å². The van der Waals surface area contributed by atoms with Crippen molar-refractivity contribution in [2.75, 3.05) is 31.0 Å². The van der Waals surface area contributed by atoms with E-state index in [0.29, 0.717) is 22.5 Å². The number of hydrogen-bond acceptors (Lipinski definition) is 8. The Bertz CT molecular complexity index is 1140. The van der Waals surface area contributed by atoms with Crippen LogP contribution < -0.4 is 25.4 Å². The van der Waals surface area contributed by atoms with Gasteiger partial charge in [0.1, 0.15) is 21.9 Å². The number of thiazole rings is 1. The molecule has 2 rings (SSSR count). The number of nitrogens with one attached hydrogen (secondary N) is 2. The fourth-order valence-electron chi connectivity index (χ4n) is 2.54. The quantitative estimate of drug-likeness (QED) is 0.588. The number of amides is 1. The predicted molar refractivity (Wildman–Crippen MR) is 114 cm³/mol. The number of benzene rings is 1. The average molecular weight is 430 g/mol. The van der Waals surface area contributed by atoms with E-state index in [1.165, 1.54) is 17.9 Å². The Morgan fingerprint density at radius 3 is 2.67 bits per heavy atom. The van der Waals surface area contributed by atoms with E-state index in [-0.39, 0.29) is 34.9 Å². The Hall–Kier alpha value is -3.42. The summed E-state index contributed by atoms with van der Waals surface area (Å²) >= 11 is 1.02. The van der Waals surface area contributed by atoms with Crippen molar-refractivity contribution in [3.8, 4) is 6.07 Å². The molecule has 10 heteroatoms. The van der Waals surface area contributed by atoms with Gasteiger partial charge >= 0.3 is 5.97 Å².